The van der Waals surface area contributed by atoms with E-state index >= 15 is 0 Å². The van der Waals surface area contributed by atoms with Gasteiger partial charge < -0.3 is 5.32 Å². The summed E-state index contributed by atoms with van der Waals surface area (Å²) < 4.78 is 0. The molecule has 0 atom stereocenters. The minimum Gasteiger partial charge on any atom is -0.312 e. The first-order valence-corrected chi connectivity index (χ1v) is 8.38. The van der Waals surface area contributed by atoms with E-state index in [1.165, 1.54) is 24.3 Å². The monoisotopic (exact) mass is 323 g/mol. The van der Waals surface area contributed by atoms with Gasteiger partial charge in [-0.05, 0) is 48.9 Å². The van der Waals surface area contributed by atoms with Crippen molar-refractivity contribution in [2.75, 3.05) is 18.1 Å². The zero-order valence-corrected chi connectivity index (χ0v) is 13.1. The van der Waals surface area contributed by atoms with Crippen molar-refractivity contribution < 1.29 is 0 Å². The molecule has 1 aromatic rings. The molecule has 1 saturated heterocycles. The quantitative estimate of drug-likeness (QED) is 0.792. The molecule has 1 heterocycles. The fourth-order valence-corrected chi connectivity index (χ4v) is 3.97. The molecule has 0 spiro atoms. The van der Waals surface area contributed by atoms with E-state index in [0.29, 0.717) is 21.6 Å². The average Bonchev–Trinajstić information content (AvgIpc) is 2.39. The van der Waals surface area contributed by atoms with Gasteiger partial charge in [-0.2, -0.15) is 11.8 Å². The van der Waals surface area contributed by atoms with Crippen LogP contribution in [-0.4, -0.2) is 18.1 Å². The van der Waals surface area contributed by atoms with Crippen LogP contribution in [0, 0.1) is 5.92 Å². The second-order valence-electron chi connectivity index (χ2n) is 4.51. The highest BCUT2D eigenvalue weighted by molar-refractivity contribution is 7.99. The van der Waals surface area contributed by atoms with Gasteiger partial charge in [0.2, 0.25) is 0 Å². The number of halogens is 3. The first-order chi connectivity index (χ1) is 8.68. The molecule has 5 heteroatoms. The van der Waals surface area contributed by atoms with Gasteiger partial charge in [0.15, 0.2) is 0 Å². The van der Waals surface area contributed by atoms with Crippen LogP contribution in [-0.2, 0) is 6.54 Å². The SMILES string of the molecule is Clc1ccc(Cl)c(CNCC2CCSCC2)c1Cl. The van der Waals surface area contributed by atoms with Crippen LogP contribution in [0.3, 0.4) is 0 Å². The van der Waals surface area contributed by atoms with E-state index in [-0.39, 0.29) is 0 Å². The molecular formula is C13H16Cl3NS. The highest BCUT2D eigenvalue weighted by Crippen LogP contribution is 2.31. The molecule has 0 bridgehead atoms. The largest absolute Gasteiger partial charge is 0.312 e. The Kier molecular flexibility index (Phi) is 5.96. The van der Waals surface area contributed by atoms with Gasteiger partial charge in [-0.3, -0.25) is 0 Å². The Morgan fingerprint density at radius 3 is 2.50 bits per heavy atom. The molecule has 0 radical (unpaired) electrons. The van der Waals surface area contributed by atoms with Crippen LogP contribution in [0.4, 0.5) is 0 Å². The fraction of sp³-hybridized carbons (Fsp3) is 0.538. The first-order valence-electron chi connectivity index (χ1n) is 6.09. The summed E-state index contributed by atoms with van der Waals surface area (Å²) in [6, 6.07) is 3.53. The van der Waals surface area contributed by atoms with E-state index in [0.717, 1.165) is 18.0 Å². The lowest BCUT2D eigenvalue weighted by Crippen LogP contribution is -2.25. The molecule has 2 rings (SSSR count). The van der Waals surface area contributed by atoms with Gasteiger partial charge in [0.1, 0.15) is 0 Å². The van der Waals surface area contributed by atoms with E-state index in [4.69, 9.17) is 34.8 Å². The predicted octanol–water partition coefficient (Wildman–Crippen LogP) is 4.88. The molecule has 1 aromatic carbocycles. The zero-order valence-electron chi connectivity index (χ0n) is 10.0. The Labute approximate surface area is 128 Å². The van der Waals surface area contributed by atoms with Crippen LogP contribution >= 0.6 is 46.6 Å². The van der Waals surface area contributed by atoms with Gasteiger partial charge in [-0.15, -0.1) is 0 Å². The molecule has 1 aliphatic heterocycles. The van der Waals surface area contributed by atoms with E-state index in [1.54, 1.807) is 12.1 Å². The maximum Gasteiger partial charge on any atom is 0.0652 e. The minimum atomic E-state index is 0.562. The molecular weight excluding hydrogens is 309 g/mol. The smallest absolute Gasteiger partial charge is 0.0652 e. The molecule has 100 valence electrons. The summed E-state index contributed by atoms with van der Waals surface area (Å²) in [5.74, 6) is 3.35. The third-order valence-corrected chi connectivity index (χ3v) is 5.46. The Morgan fingerprint density at radius 1 is 1.11 bits per heavy atom. The summed E-state index contributed by atoms with van der Waals surface area (Å²) in [7, 11) is 0. The van der Waals surface area contributed by atoms with Crippen molar-refractivity contribution in [3.8, 4) is 0 Å². The Morgan fingerprint density at radius 2 is 1.78 bits per heavy atom. The Bertz CT molecular complexity index is 405. The van der Waals surface area contributed by atoms with Crippen LogP contribution < -0.4 is 5.32 Å². The molecule has 1 N–H and O–H groups in total. The van der Waals surface area contributed by atoms with Gasteiger partial charge >= 0.3 is 0 Å². The van der Waals surface area contributed by atoms with E-state index in [9.17, 15) is 0 Å². The molecule has 0 unspecified atom stereocenters. The first kappa shape index (κ1) is 14.8. The lowest BCUT2D eigenvalue weighted by molar-refractivity contribution is 0.448. The molecule has 18 heavy (non-hydrogen) atoms. The van der Waals surface area contributed by atoms with Gasteiger partial charge in [0, 0.05) is 17.1 Å². The summed E-state index contributed by atoms with van der Waals surface area (Å²) in [6.45, 7) is 1.71. The zero-order chi connectivity index (χ0) is 13.0. The summed E-state index contributed by atoms with van der Waals surface area (Å²) >= 11 is 20.3. The van der Waals surface area contributed by atoms with E-state index in [1.807, 2.05) is 11.8 Å². The van der Waals surface area contributed by atoms with Gasteiger partial charge in [0.05, 0.1) is 10.0 Å². The van der Waals surface area contributed by atoms with Crippen molar-refractivity contribution in [1.29, 1.82) is 0 Å². The highest BCUT2D eigenvalue weighted by Gasteiger charge is 2.14. The van der Waals surface area contributed by atoms with Crippen molar-refractivity contribution in [2.45, 2.75) is 19.4 Å². The summed E-state index contributed by atoms with van der Waals surface area (Å²) in [5.41, 5.74) is 0.899. The fourth-order valence-electron chi connectivity index (χ4n) is 2.08. The number of thioether (sulfide) groups is 1. The standard InChI is InChI=1S/C13H16Cl3NS/c14-11-1-2-12(15)13(16)10(11)8-17-7-9-3-5-18-6-4-9/h1-2,9,17H,3-8H2. The van der Waals surface area contributed by atoms with Crippen molar-refractivity contribution in [3.63, 3.8) is 0 Å². The highest BCUT2D eigenvalue weighted by atomic mass is 35.5. The van der Waals surface area contributed by atoms with Crippen LogP contribution in [0.25, 0.3) is 0 Å². The summed E-state index contributed by atoms with van der Waals surface area (Å²) in [5, 5.41) is 5.25. The normalized spacial score (nSPS) is 17.1. The summed E-state index contributed by atoms with van der Waals surface area (Å²) in [6.07, 6.45) is 2.60. The maximum absolute atomic E-state index is 6.16. The van der Waals surface area contributed by atoms with Crippen LogP contribution in [0.15, 0.2) is 12.1 Å². The third-order valence-electron chi connectivity index (χ3n) is 3.21. The maximum atomic E-state index is 6.16. The second kappa shape index (κ2) is 7.25. The van der Waals surface area contributed by atoms with Gasteiger partial charge in [-0.1, -0.05) is 34.8 Å². The van der Waals surface area contributed by atoms with Crippen molar-refractivity contribution >= 4 is 46.6 Å². The van der Waals surface area contributed by atoms with Crippen molar-refractivity contribution in [1.82, 2.24) is 5.32 Å². The molecule has 1 nitrogen and oxygen atoms in total. The number of hydrogen-bond acceptors (Lipinski definition) is 2. The minimum absolute atomic E-state index is 0.562. The average molecular weight is 325 g/mol. The molecule has 0 aromatic heterocycles. The molecule has 0 aliphatic carbocycles. The molecule has 0 amide bonds. The predicted molar refractivity (Wildman–Crippen MR) is 83.2 cm³/mol. The summed E-state index contributed by atoms with van der Waals surface area (Å²) in [4.78, 5) is 0. The van der Waals surface area contributed by atoms with Crippen molar-refractivity contribution in [2.24, 2.45) is 5.92 Å². The molecule has 0 saturated carbocycles. The third kappa shape index (κ3) is 3.94. The molecule has 1 aliphatic rings. The number of rotatable bonds is 4. The van der Waals surface area contributed by atoms with Crippen LogP contribution in [0.5, 0.6) is 0 Å². The van der Waals surface area contributed by atoms with Gasteiger partial charge in [-0.25, -0.2) is 0 Å². The number of nitrogens with one attached hydrogen (secondary N) is 1. The van der Waals surface area contributed by atoms with Crippen molar-refractivity contribution in [3.05, 3.63) is 32.8 Å². The molecule has 1 fully saturated rings. The van der Waals surface area contributed by atoms with Crippen LogP contribution in [0.1, 0.15) is 18.4 Å². The Hall–Kier alpha value is 0.400. The van der Waals surface area contributed by atoms with E-state index in [2.05, 4.69) is 5.32 Å². The second-order valence-corrected chi connectivity index (χ2v) is 6.93. The number of benzene rings is 1. The Balaban J connectivity index is 1.88. The van der Waals surface area contributed by atoms with E-state index < -0.39 is 0 Å². The lowest BCUT2D eigenvalue weighted by Gasteiger charge is -2.21. The topological polar surface area (TPSA) is 12.0 Å². The van der Waals surface area contributed by atoms with Crippen LogP contribution in [0.2, 0.25) is 15.1 Å². The lowest BCUT2D eigenvalue weighted by atomic mass is 10.0. The number of hydrogen-bond donors (Lipinski definition) is 1. The van der Waals surface area contributed by atoms with Gasteiger partial charge in [0.25, 0.3) is 0 Å².